The van der Waals surface area contributed by atoms with E-state index in [9.17, 15) is 14.7 Å². The SMILES string of the molecule is COc1ccnc(C(=O)N[C@H]2CCC[C@H](Oc3ccc(C)cc3)[C@@H](Oc3ccc(C)cc3)[C@H](C)OC2=O)c1O. The standard InChI is InChI=1S/C30H34N2O7/c1-18-8-12-21(13-9-18)38-25-7-5-6-23(32-29(34)26-27(33)24(36-4)16-17-31-26)30(35)37-20(3)28(25)39-22-14-10-19(2)11-15-22/h8-17,20,23,25,28,33H,5-7H2,1-4H3,(H,32,34)/t20-,23-,25-,28-/m0/s1. The first-order valence-electron chi connectivity index (χ1n) is 12.9. The van der Waals surface area contributed by atoms with Crippen LogP contribution in [0.3, 0.4) is 0 Å². The number of nitrogens with zero attached hydrogens (tertiary/aromatic N) is 1. The molecule has 9 nitrogen and oxygen atoms in total. The number of rotatable bonds is 7. The third kappa shape index (κ3) is 6.98. The van der Waals surface area contributed by atoms with Gasteiger partial charge in [-0.3, -0.25) is 4.79 Å². The molecule has 4 rings (SSSR count). The average molecular weight is 535 g/mol. The lowest BCUT2D eigenvalue weighted by Gasteiger charge is -2.32. The first-order chi connectivity index (χ1) is 18.7. The molecule has 0 unspecified atom stereocenters. The molecule has 1 amide bonds. The summed E-state index contributed by atoms with van der Waals surface area (Å²) in [6.45, 7) is 5.75. The van der Waals surface area contributed by atoms with Gasteiger partial charge in [0.05, 0.1) is 7.11 Å². The highest BCUT2D eigenvalue weighted by Gasteiger charge is 2.37. The van der Waals surface area contributed by atoms with Crippen LogP contribution in [0.5, 0.6) is 23.0 Å². The fraction of sp³-hybridized carbons (Fsp3) is 0.367. The number of pyridine rings is 1. The van der Waals surface area contributed by atoms with E-state index in [4.69, 9.17) is 18.9 Å². The maximum Gasteiger partial charge on any atom is 0.329 e. The van der Waals surface area contributed by atoms with Crippen LogP contribution in [0.25, 0.3) is 0 Å². The molecular formula is C30H34N2O7. The van der Waals surface area contributed by atoms with Gasteiger partial charge in [0.25, 0.3) is 5.91 Å². The molecule has 1 aromatic heterocycles. The number of hydrogen-bond acceptors (Lipinski definition) is 8. The number of aromatic nitrogens is 1. The van der Waals surface area contributed by atoms with Crippen molar-refractivity contribution in [3.8, 4) is 23.0 Å². The van der Waals surface area contributed by atoms with E-state index in [2.05, 4.69) is 10.3 Å². The predicted molar refractivity (Wildman–Crippen MR) is 144 cm³/mol. The fourth-order valence-corrected chi connectivity index (χ4v) is 4.43. The third-order valence-electron chi connectivity index (χ3n) is 6.63. The molecule has 1 saturated heterocycles. The minimum atomic E-state index is -0.953. The number of ether oxygens (including phenoxy) is 4. The number of esters is 1. The number of aryl methyl sites for hydroxylation is 2. The lowest BCUT2D eigenvalue weighted by Crippen LogP contribution is -2.47. The summed E-state index contributed by atoms with van der Waals surface area (Å²) in [6.07, 6.45) is 0.973. The topological polar surface area (TPSA) is 116 Å². The molecule has 1 aliphatic heterocycles. The largest absolute Gasteiger partial charge is 0.503 e. The number of carbonyl (C=O) groups excluding carboxylic acids is 2. The molecule has 0 radical (unpaired) electrons. The van der Waals surface area contributed by atoms with E-state index >= 15 is 0 Å². The molecule has 0 bridgehead atoms. The molecule has 0 aliphatic carbocycles. The fourth-order valence-electron chi connectivity index (χ4n) is 4.43. The van der Waals surface area contributed by atoms with E-state index in [0.29, 0.717) is 30.8 Å². The van der Waals surface area contributed by atoms with Gasteiger partial charge in [-0.05, 0) is 64.3 Å². The van der Waals surface area contributed by atoms with E-state index in [-0.39, 0.29) is 11.4 Å². The van der Waals surface area contributed by atoms with Crippen molar-refractivity contribution >= 4 is 11.9 Å². The Morgan fingerprint density at radius 1 is 0.974 bits per heavy atom. The van der Waals surface area contributed by atoms with Crippen molar-refractivity contribution in [3.63, 3.8) is 0 Å². The second-order valence-electron chi connectivity index (χ2n) is 9.67. The Hall–Kier alpha value is -4.27. The second kappa shape index (κ2) is 12.5. The number of hydrogen-bond donors (Lipinski definition) is 2. The number of carbonyl (C=O) groups is 2. The highest BCUT2D eigenvalue weighted by molar-refractivity contribution is 5.97. The lowest BCUT2D eigenvalue weighted by atomic mass is 10.0. The van der Waals surface area contributed by atoms with E-state index in [1.807, 2.05) is 62.4 Å². The third-order valence-corrected chi connectivity index (χ3v) is 6.63. The van der Waals surface area contributed by atoms with Gasteiger partial charge in [-0.15, -0.1) is 0 Å². The molecule has 1 aliphatic rings. The van der Waals surface area contributed by atoms with Crippen LogP contribution in [0, 0.1) is 13.8 Å². The zero-order valence-electron chi connectivity index (χ0n) is 22.5. The number of cyclic esters (lactones) is 1. The second-order valence-corrected chi connectivity index (χ2v) is 9.67. The summed E-state index contributed by atoms with van der Waals surface area (Å²) in [6, 6.07) is 15.9. The summed E-state index contributed by atoms with van der Waals surface area (Å²) >= 11 is 0. The van der Waals surface area contributed by atoms with Crippen molar-refractivity contribution in [3.05, 3.63) is 77.6 Å². The Kier molecular flexibility index (Phi) is 8.91. The molecule has 2 aromatic carbocycles. The van der Waals surface area contributed by atoms with Gasteiger partial charge in [-0.2, -0.15) is 0 Å². The zero-order chi connectivity index (χ0) is 27.9. The molecule has 39 heavy (non-hydrogen) atoms. The minimum Gasteiger partial charge on any atom is -0.503 e. The van der Waals surface area contributed by atoms with Gasteiger partial charge in [0.2, 0.25) is 0 Å². The Balaban J connectivity index is 1.56. The average Bonchev–Trinajstić information content (AvgIpc) is 2.96. The summed E-state index contributed by atoms with van der Waals surface area (Å²) in [7, 11) is 1.37. The summed E-state index contributed by atoms with van der Waals surface area (Å²) < 4.78 is 23.6. The summed E-state index contributed by atoms with van der Waals surface area (Å²) in [5, 5.41) is 13.0. The van der Waals surface area contributed by atoms with Crippen molar-refractivity contribution in [2.45, 2.75) is 64.4 Å². The van der Waals surface area contributed by atoms with Gasteiger partial charge in [0.1, 0.15) is 29.7 Å². The maximum absolute atomic E-state index is 13.2. The molecule has 206 valence electrons. The van der Waals surface area contributed by atoms with Crippen LogP contribution in [-0.2, 0) is 9.53 Å². The van der Waals surface area contributed by atoms with E-state index in [1.165, 1.54) is 19.4 Å². The number of amides is 1. The molecule has 0 saturated carbocycles. The maximum atomic E-state index is 13.2. The van der Waals surface area contributed by atoms with Crippen molar-refractivity contribution < 1.29 is 33.6 Å². The Bertz CT molecular complexity index is 1280. The zero-order valence-corrected chi connectivity index (χ0v) is 22.5. The van der Waals surface area contributed by atoms with Crippen LogP contribution in [0.1, 0.15) is 47.8 Å². The normalized spacial score (nSPS) is 21.5. The Labute approximate surface area is 228 Å². The van der Waals surface area contributed by atoms with E-state index in [1.54, 1.807) is 6.92 Å². The van der Waals surface area contributed by atoms with E-state index in [0.717, 1.165) is 11.1 Å². The quantitative estimate of drug-likeness (QED) is 0.425. The summed E-state index contributed by atoms with van der Waals surface area (Å²) in [5.41, 5.74) is 1.97. The number of nitrogens with one attached hydrogen (secondary N) is 1. The van der Waals surface area contributed by atoms with Crippen LogP contribution < -0.4 is 19.5 Å². The smallest absolute Gasteiger partial charge is 0.329 e. The molecule has 9 heteroatoms. The highest BCUT2D eigenvalue weighted by Crippen LogP contribution is 2.29. The predicted octanol–water partition coefficient (Wildman–Crippen LogP) is 4.52. The van der Waals surface area contributed by atoms with Gasteiger partial charge in [-0.25, -0.2) is 9.78 Å². The van der Waals surface area contributed by atoms with Crippen LogP contribution in [0.4, 0.5) is 0 Å². The van der Waals surface area contributed by atoms with Gasteiger partial charge in [0, 0.05) is 12.3 Å². The minimum absolute atomic E-state index is 0.105. The molecule has 0 spiro atoms. The van der Waals surface area contributed by atoms with Crippen molar-refractivity contribution in [1.82, 2.24) is 10.3 Å². The molecule has 2 heterocycles. The van der Waals surface area contributed by atoms with Crippen LogP contribution in [-0.4, -0.2) is 53.4 Å². The molecule has 1 fully saturated rings. The highest BCUT2D eigenvalue weighted by atomic mass is 16.6. The first kappa shape index (κ1) is 27.8. The Morgan fingerprint density at radius 3 is 2.21 bits per heavy atom. The number of methoxy groups -OCH3 is 1. The molecule has 3 aromatic rings. The van der Waals surface area contributed by atoms with Gasteiger partial charge < -0.3 is 29.4 Å². The number of benzene rings is 2. The lowest BCUT2D eigenvalue weighted by molar-refractivity contribution is -0.157. The van der Waals surface area contributed by atoms with E-state index < -0.39 is 42.0 Å². The van der Waals surface area contributed by atoms with Crippen LogP contribution >= 0.6 is 0 Å². The summed E-state index contributed by atoms with van der Waals surface area (Å²) in [5.74, 6) is -0.291. The molecular weight excluding hydrogens is 500 g/mol. The van der Waals surface area contributed by atoms with Gasteiger partial charge in [0.15, 0.2) is 23.3 Å². The van der Waals surface area contributed by atoms with Gasteiger partial charge >= 0.3 is 5.97 Å². The van der Waals surface area contributed by atoms with Crippen molar-refractivity contribution in [2.75, 3.05) is 7.11 Å². The summed E-state index contributed by atoms with van der Waals surface area (Å²) in [4.78, 5) is 30.1. The monoisotopic (exact) mass is 534 g/mol. The van der Waals surface area contributed by atoms with Crippen LogP contribution in [0.15, 0.2) is 60.8 Å². The van der Waals surface area contributed by atoms with Crippen LogP contribution in [0.2, 0.25) is 0 Å². The van der Waals surface area contributed by atoms with Crippen molar-refractivity contribution in [1.29, 1.82) is 0 Å². The van der Waals surface area contributed by atoms with Gasteiger partial charge in [-0.1, -0.05) is 35.4 Å². The molecule has 2 N–H and O–H groups in total. The van der Waals surface area contributed by atoms with Crippen molar-refractivity contribution in [2.24, 2.45) is 0 Å². The number of aromatic hydroxyl groups is 1. The molecule has 4 atom stereocenters. The first-order valence-corrected chi connectivity index (χ1v) is 12.9. The Morgan fingerprint density at radius 2 is 1.59 bits per heavy atom.